The summed E-state index contributed by atoms with van der Waals surface area (Å²) in [6.45, 7) is 12.5. The van der Waals surface area contributed by atoms with Gasteiger partial charge in [0.15, 0.2) is 0 Å². The van der Waals surface area contributed by atoms with Gasteiger partial charge in [-0.05, 0) is 37.0 Å². The standard InChI is InChI=1S/C16H24BrNO/c1-11(17)16(5,6)18-14(19)12-7-9-13(10-8-12)15(2,3)4/h7-11H,1-6H3,(H,18,19). The van der Waals surface area contributed by atoms with Gasteiger partial charge in [-0.1, -0.05) is 55.8 Å². The molecule has 106 valence electrons. The average Bonchev–Trinajstić information content (AvgIpc) is 2.27. The minimum atomic E-state index is -0.278. The first-order valence-corrected chi connectivity index (χ1v) is 7.53. The van der Waals surface area contributed by atoms with Crippen LogP contribution in [0.15, 0.2) is 24.3 Å². The van der Waals surface area contributed by atoms with Crippen molar-refractivity contribution in [2.24, 2.45) is 0 Å². The zero-order valence-electron chi connectivity index (χ0n) is 12.7. The molecule has 19 heavy (non-hydrogen) atoms. The third kappa shape index (κ3) is 4.34. The fraction of sp³-hybridized carbons (Fsp3) is 0.562. The molecule has 0 bridgehead atoms. The van der Waals surface area contributed by atoms with E-state index < -0.39 is 0 Å². The molecule has 2 nitrogen and oxygen atoms in total. The van der Waals surface area contributed by atoms with E-state index >= 15 is 0 Å². The van der Waals surface area contributed by atoms with Crippen LogP contribution < -0.4 is 5.32 Å². The minimum absolute atomic E-state index is 0.0308. The van der Waals surface area contributed by atoms with Crippen LogP contribution in [0.2, 0.25) is 0 Å². The van der Waals surface area contributed by atoms with Crippen LogP contribution in [0.4, 0.5) is 0 Å². The predicted molar refractivity (Wildman–Crippen MR) is 85.1 cm³/mol. The molecule has 0 aliphatic carbocycles. The van der Waals surface area contributed by atoms with E-state index in [1.54, 1.807) is 0 Å². The lowest BCUT2D eigenvalue weighted by Crippen LogP contribution is -2.48. The van der Waals surface area contributed by atoms with Crippen LogP contribution in [-0.2, 0) is 5.41 Å². The highest BCUT2D eigenvalue weighted by Crippen LogP contribution is 2.23. The van der Waals surface area contributed by atoms with Gasteiger partial charge in [0.25, 0.3) is 5.91 Å². The summed E-state index contributed by atoms with van der Waals surface area (Å²) < 4.78 is 0. The minimum Gasteiger partial charge on any atom is -0.346 e. The van der Waals surface area contributed by atoms with Crippen molar-refractivity contribution in [1.29, 1.82) is 0 Å². The van der Waals surface area contributed by atoms with Gasteiger partial charge in [-0.15, -0.1) is 0 Å². The van der Waals surface area contributed by atoms with Gasteiger partial charge in [-0.25, -0.2) is 0 Å². The first-order chi connectivity index (χ1) is 8.54. The van der Waals surface area contributed by atoms with Crippen LogP contribution in [0.3, 0.4) is 0 Å². The number of rotatable bonds is 3. The van der Waals surface area contributed by atoms with E-state index in [1.165, 1.54) is 5.56 Å². The third-order valence-corrected chi connectivity index (χ3v) is 4.59. The third-order valence-electron chi connectivity index (χ3n) is 3.44. The fourth-order valence-corrected chi connectivity index (χ4v) is 1.70. The van der Waals surface area contributed by atoms with Gasteiger partial charge in [0.1, 0.15) is 0 Å². The molecule has 1 rings (SSSR count). The van der Waals surface area contributed by atoms with Gasteiger partial charge in [0.2, 0.25) is 0 Å². The molecule has 1 aromatic carbocycles. The van der Waals surface area contributed by atoms with Crippen molar-refractivity contribution in [2.45, 2.75) is 57.3 Å². The van der Waals surface area contributed by atoms with Gasteiger partial charge in [-0.3, -0.25) is 4.79 Å². The van der Waals surface area contributed by atoms with E-state index in [0.717, 1.165) is 0 Å². The highest BCUT2D eigenvalue weighted by atomic mass is 79.9. The first kappa shape index (κ1) is 16.2. The number of alkyl halides is 1. The van der Waals surface area contributed by atoms with Crippen molar-refractivity contribution in [2.75, 3.05) is 0 Å². The lowest BCUT2D eigenvalue weighted by Gasteiger charge is -2.29. The van der Waals surface area contributed by atoms with Crippen LogP contribution in [-0.4, -0.2) is 16.3 Å². The number of hydrogen-bond acceptors (Lipinski definition) is 1. The van der Waals surface area contributed by atoms with Gasteiger partial charge in [-0.2, -0.15) is 0 Å². The van der Waals surface area contributed by atoms with E-state index in [0.29, 0.717) is 5.56 Å². The summed E-state index contributed by atoms with van der Waals surface area (Å²) in [5, 5.41) is 3.04. The smallest absolute Gasteiger partial charge is 0.251 e. The molecule has 1 N–H and O–H groups in total. The predicted octanol–water partition coefficient (Wildman–Crippen LogP) is 4.28. The molecule has 0 spiro atoms. The highest BCUT2D eigenvalue weighted by Gasteiger charge is 2.26. The van der Waals surface area contributed by atoms with Gasteiger partial charge >= 0.3 is 0 Å². The van der Waals surface area contributed by atoms with E-state index in [9.17, 15) is 4.79 Å². The van der Waals surface area contributed by atoms with Crippen LogP contribution >= 0.6 is 15.9 Å². The number of hydrogen-bond donors (Lipinski definition) is 1. The van der Waals surface area contributed by atoms with Crippen LogP contribution in [0.25, 0.3) is 0 Å². The summed E-state index contributed by atoms with van der Waals surface area (Å²) in [5.41, 5.74) is 1.77. The lowest BCUT2D eigenvalue weighted by atomic mass is 9.86. The van der Waals surface area contributed by atoms with Crippen LogP contribution in [0, 0.1) is 0 Å². The summed E-state index contributed by atoms with van der Waals surface area (Å²) in [4.78, 5) is 12.4. The molecule has 0 aromatic heterocycles. The molecule has 1 unspecified atom stereocenters. The maximum absolute atomic E-state index is 12.2. The summed E-state index contributed by atoms with van der Waals surface area (Å²) in [5.74, 6) is -0.0308. The normalized spacial score (nSPS) is 14.1. The van der Waals surface area contributed by atoms with E-state index in [4.69, 9.17) is 0 Å². The molecule has 0 heterocycles. The van der Waals surface area contributed by atoms with E-state index in [1.807, 2.05) is 45.0 Å². The Balaban J connectivity index is 2.85. The Bertz CT molecular complexity index is 441. The second-order valence-electron chi connectivity index (χ2n) is 6.62. The quantitative estimate of drug-likeness (QED) is 0.826. The van der Waals surface area contributed by atoms with Crippen molar-refractivity contribution < 1.29 is 4.79 Å². The number of benzene rings is 1. The van der Waals surface area contributed by atoms with Gasteiger partial charge in [0, 0.05) is 15.9 Å². The number of halogens is 1. The lowest BCUT2D eigenvalue weighted by molar-refractivity contribution is 0.0914. The topological polar surface area (TPSA) is 29.1 Å². The molecular weight excluding hydrogens is 302 g/mol. The Morgan fingerprint density at radius 2 is 1.58 bits per heavy atom. The Hall–Kier alpha value is -0.830. The molecule has 1 aromatic rings. The van der Waals surface area contributed by atoms with Crippen LogP contribution in [0.5, 0.6) is 0 Å². The average molecular weight is 326 g/mol. The maximum Gasteiger partial charge on any atom is 0.251 e. The summed E-state index contributed by atoms with van der Waals surface area (Å²) >= 11 is 3.52. The van der Waals surface area contributed by atoms with Gasteiger partial charge < -0.3 is 5.32 Å². The molecule has 3 heteroatoms. The molecule has 0 saturated carbocycles. The second-order valence-corrected chi connectivity index (χ2v) is 7.99. The van der Waals surface area contributed by atoms with Crippen molar-refractivity contribution >= 4 is 21.8 Å². The summed E-state index contributed by atoms with van der Waals surface area (Å²) in [6.07, 6.45) is 0. The van der Waals surface area contributed by atoms with Crippen molar-refractivity contribution in [1.82, 2.24) is 5.32 Å². The highest BCUT2D eigenvalue weighted by molar-refractivity contribution is 9.09. The Labute approximate surface area is 125 Å². The zero-order valence-corrected chi connectivity index (χ0v) is 14.3. The van der Waals surface area contributed by atoms with Crippen molar-refractivity contribution in [3.05, 3.63) is 35.4 Å². The molecule has 0 fully saturated rings. The van der Waals surface area contributed by atoms with Crippen molar-refractivity contribution in [3.8, 4) is 0 Å². The molecule has 1 amide bonds. The Morgan fingerprint density at radius 1 is 1.11 bits per heavy atom. The monoisotopic (exact) mass is 325 g/mol. The zero-order chi connectivity index (χ0) is 14.8. The number of carbonyl (C=O) groups is 1. The molecule has 0 aliphatic heterocycles. The molecule has 0 aliphatic rings. The largest absolute Gasteiger partial charge is 0.346 e. The molecule has 1 atom stereocenters. The number of amides is 1. The second kappa shape index (κ2) is 5.66. The first-order valence-electron chi connectivity index (χ1n) is 6.61. The molecule has 0 radical (unpaired) electrons. The fourth-order valence-electron chi connectivity index (χ4n) is 1.59. The SMILES string of the molecule is CC(Br)C(C)(C)NC(=O)c1ccc(C(C)(C)C)cc1. The van der Waals surface area contributed by atoms with Crippen molar-refractivity contribution in [3.63, 3.8) is 0 Å². The molecule has 0 saturated heterocycles. The Morgan fingerprint density at radius 3 is 1.95 bits per heavy atom. The van der Waals surface area contributed by atoms with Crippen LogP contribution in [0.1, 0.15) is 57.5 Å². The maximum atomic E-state index is 12.2. The van der Waals surface area contributed by atoms with Gasteiger partial charge in [0.05, 0.1) is 0 Å². The molecular formula is C16H24BrNO. The van der Waals surface area contributed by atoms with E-state index in [2.05, 4.69) is 42.0 Å². The summed E-state index contributed by atoms with van der Waals surface area (Å²) in [6, 6.07) is 7.84. The number of nitrogens with one attached hydrogen (secondary N) is 1. The van der Waals surface area contributed by atoms with E-state index in [-0.39, 0.29) is 21.7 Å². The number of carbonyl (C=O) groups excluding carboxylic acids is 1. The summed E-state index contributed by atoms with van der Waals surface area (Å²) in [7, 11) is 0. The Kier molecular flexibility index (Phi) is 4.83.